The van der Waals surface area contributed by atoms with E-state index < -0.39 is 11.6 Å². The van der Waals surface area contributed by atoms with Gasteiger partial charge in [0.15, 0.2) is 0 Å². The Balaban J connectivity index is 1.65. The van der Waals surface area contributed by atoms with Crippen LogP contribution < -0.4 is 4.74 Å². The van der Waals surface area contributed by atoms with E-state index in [1.165, 1.54) is 0 Å². The summed E-state index contributed by atoms with van der Waals surface area (Å²) < 4.78 is 5.61. The summed E-state index contributed by atoms with van der Waals surface area (Å²) in [4.78, 5) is 17.0. The highest BCUT2D eigenvalue weighted by atomic mass is 35.5. The smallest absolute Gasteiger partial charge is 0.351 e. The quantitative estimate of drug-likeness (QED) is 0.869. The zero-order chi connectivity index (χ0) is 17.0. The number of hydrogen-bond donors (Lipinski definition) is 1. The van der Waals surface area contributed by atoms with Crippen LogP contribution in [-0.2, 0) is 16.1 Å². The first-order chi connectivity index (χ1) is 11.6. The number of ether oxygens (including phenoxy) is 1. The molecule has 0 amide bonds. The second kappa shape index (κ2) is 6.93. The van der Waals surface area contributed by atoms with Gasteiger partial charge in [-0.2, -0.15) is 0 Å². The molecular weight excluding hydrogens is 330 g/mol. The number of carboxylic acid groups (broad SMARTS) is 1. The molecule has 24 heavy (non-hydrogen) atoms. The van der Waals surface area contributed by atoms with Crippen molar-refractivity contribution >= 4 is 23.3 Å². The Kier molecular flexibility index (Phi) is 4.71. The first-order valence-electron chi connectivity index (χ1n) is 7.47. The van der Waals surface area contributed by atoms with Crippen LogP contribution in [0.3, 0.4) is 0 Å². The van der Waals surface area contributed by atoms with E-state index in [0.29, 0.717) is 16.5 Å². The maximum atomic E-state index is 11.7. The molecule has 1 aliphatic heterocycles. The lowest BCUT2D eigenvalue weighted by molar-refractivity contribution is -0.162. The van der Waals surface area contributed by atoms with Crippen LogP contribution in [0.15, 0.2) is 59.8 Å². The van der Waals surface area contributed by atoms with Crippen LogP contribution in [0, 0.1) is 0 Å². The van der Waals surface area contributed by atoms with Gasteiger partial charge in [-0.3, -0.25) is 0 Å². The number of aliphatic carboxylic acids is 1. The van der Waals surface area contributed by atoms with E-state index in [4.69, 9.17) is 21.2 Å². The Hall–Kier alpha value is -2.53. The van der Waals surface area contributed by atoms with Crippen molar-refractivity contribution in [2.45, 2.75) is 18.4 Å². The lowest BCUT2D eigenvalue weighted by Gasteiger charge is -2.21. The molecule has 124 valence electrons. The number of rotatable bonds is 6. The summed E-state index contributed by atoms with van der Waals surface area (Å²) >= 11 is 5.90. The molecule has 2 aromatic carbocycles. The van der Waals surface area contributed by atoms with Crippen molar-refractivity contribution < 1.29 is 19.5 Å². The topological polar surface area (TPSA) is 68.1 Å². The standard InChI is InChI=1S/C18H16ClNO4/c19-14-7-4-8-16(9-14)23-12-15-11-18(17(21)22,24-20-15)10-13-5-2-1-3-6-13/h1-9H,10-12H2,(H,21,22). The minimum atomic E-state index is -1.38. The molecule has 1 N–H and O–H groups in total. The molecule has 0 saturated heterocycles. The van der Waals surface area contributed by atoms with Gasteiger partial charge < -0.3 is 14.7 Å². The highest BCUT2D eigenvalue weighted by Crippen LogP contribution is 2.29. The van der Waals surface area contributed by atoms with Crippen molar-refractivity contribution in [2.24, 2.45) is 5.16 Å². The Morgan fingerprint density at radius 1 is 1.25 bits per heavy atom. The van der Waals surface area contributed by atoms with Crippen molar-refractivity contribution in [3.05, 3.63) is 65.2 Å². The fraction of sp³-hybridized carbons (Fsp3) is 0.222. The Labute approximate surface area is 144 Å². The van der Waals surface area contributed by atoms with Crippen molar-refractivity contribution in [3.63, 3.8) is 0 Å². The highest BCUT2D eigenvalue weighted by Gasteiger charge is 2.47. The summed E-state index contributed by atoms with van der Waals surface area (Å²) in [5.74, 6) is -0.436. The molecule has 1 heterocycles. The predicted molar refractivity (Wildman–Crippen MR) is 90.6 cm³/mol. The predicted octanol–water partition coefficient (Wildman–Crippen LogP) is 3.56. The van der Waals surface area contributed by atoms with E-state index in [1.807, 2.05) is 30.3 Å². The summed E-state index contributed by atoms with van der Waals surface area (Å²) in [5.41, 5.74) is 0.0504. The third-order valence-corrected chi connectivity index (χ3v) is 4.00. The molecule has 5 nitrogen and oxygen atoms in total. The second-order valence-electron chi connectivity index (χ2n) is 5.63. The number of carboxylic acids is 1. The number of oxime groups is 1. The lowest BCUT2D eigenvalue weighted by atomic mass is 9.90. The average Bonchev–Trinajstić information content (AvgIpc) is 2.99. The second-order valence-corrected chi connectivity index (χ2v) is 6.07. The molecule has 1 unspecified atom stereocenters. The van der Waals surface area contributed by atoms with Crippen molar-refractivity contribution in [1.82, 2.24) is 0 Å². The molecule has 0 spiro atoms. The van der Waals surface area contributed by atoms with Crippen LogP contribution >= 0.6 is 11.6 Å². The molecule has 0 radical (unpaired) electrons. The molecule has 0 fully saturated rings. The largest absolute Gasteiger partial charge is 0.487 e. The van der Waals surface area contributed by atoms with Gasteiger partial charge in [-0.1, -0.05) is 53.2 Å². The zero-order valence-electron chi connectivity index (χ0n) is 12.8. The van der Waals surface area contributed by atoms with Gasteiger partial charge in [-0.05, 0) is 23.8 Å². The number of hydrogen-bond acceptors (Lipinski definition) is 4. The van der Waals surface area contributed by atoms with Crippen molar-refractivity contribution in [2.75, 3.05) is 6.61 Å². The number of carbonyl (C=O) groups is 1. The molecule has 1 atom stereocenters. The summed E-state index contributed by atoms with van der Waals surface area (Å²) in [5, 5.41) is 14.1. The van der Waals surface area contributed by atoms with E-state index in [9.17, 15) is 9.90 Å². The van der Waals surface area contributed by atoms with Gasteiger partial charge >= 0.3 is 5.97 Å². The molecular formula is C18H16ClNO4. The fourth-order valence-corrected chi connectivity index (χ4v) is 2.74. The van der Waals surface area contributed by atoms with Crippen LogP contribution in [-0.4, -0.2) is 29.0 Å². The van der Waals surface area contributed by atoms with Crippen LogP contribution in [0.4, 0.5) is 0 Å². The summed E-state index contributed by atoms with van der Waals surface area (Å²) in [7, 11) is 0. The molecule has 0 saturated carbocycles. The van der Waals surface area contributed by atoms with Crippen molar-refractivity contribution in [3.8, 4) is 5.75 Å². The highest BCUT2D eigenvalue weighted by molar-refractivity contribution is 6.30. The first-order valence-corrected chi connectivity index (χ1v) is 7.85. The van der Waals surface area contributed by atoms with Gasteiger partial charge in [0.2, 0.25) is 5.60 Å². The van der Waals surface area contributed by atoms with Crippen molar-refractivity contribution in [1.29, 1.82) is 0 Å². The van der Waals surface area contributed by atoms with E-state index >= 15 is 0 Å². The van der Waals surface area contributed by atoms with E-state index in [-0.39, 0.29) is 19.4 Å². The summed E-state index contributed by atoms with van der Waals surface area (Å²) in [6.45, 7) is 0.157. The average molecular weight is 346 g/mol. The third kappa shape index (κ3) is 3.68. The number of benzene rings is 2. The first kappa shape index (κ1) is 16.3. The van der Waals surface area contributed by atoms with E-state index in [1.54, 1.807) is 24.3 Å². The maximum Gasteiger partial charge on any atom is 0.351 e. The monoisotopic (exact) mass is 345 g/mol. The van der Waals surface area contributed by atoms with Gasteiger partial charge in [0.25, 0.3) is 0 Å². The van der Waals surface area contributed by atoms with Crippen LogP contribution in [0.5, 0.6) is 5.75 Å². The zero-order valence-corrected chi connectivity index (χ0v) is 13.6. The SMILES string of the molecule is O=C(O)C1(Cc2ccccc2)CC(COc2cccc(Cl)c2)=NO1. The van der Waals surface area contributed by atoms with Gasteiger partial charge in [0, 0.05) is 17.9 Å². The lowest BCUT2D eigenvalue weighted by Crippen LogP contribution is -2.41. The normalized spacial score (nSPS) is 19.5. The maximum absolute atomic E-state index is 11.7. The molecule has 0 aromatic heterocycles. The Bertz CT molecular complexity index is 763. The van der Waals surface area contributed by atoms with Gasteiger partial charge in [0.05, 0.1) is 5.71 Å². The van der Waals surface area contributed by atoms with Crippen LogP contribution in [0.2, 0.25) is 5.02 Å². The van der Waals surface area contributed by atoms with Gasteiger partial charge in [-0.15, -0.1) is 0 Å². The molecule has 3 rings (SSSR count). The van der Waals surface area contributed by atoms with Gasteiger partial charge in [-0.25, -0.2) is 4.79 Å². The molecule has 0 bridgehead atoms. The molecule has 6 heteroatoms. The summed E-state index contributed by atoms with van der Waals surface area (Å²) in [6, 6.07) is 16.3. The van der Waals surface area contributed by atoms with E-state index in [0.717, 1.165) is 5.56 Å². The molecule has 2 aromatic rings. The van der Waals surface area contributed by atoms with Crippen LogP contribution in [0.25, 0.3) is 0 Å². The minimum absolute atomic E-state index is 0.157. The minimum Gasteiger partial charge on any atom is -0.487 e. The molecule has 0 aliphatic carbocycles. The van der Waals surface area contributed by atoms with E-state index in [2.05, 4.69) is 5.16 Å². The van der Waals surface area contributed by atoms with Gasteiger partial charge in [0.1, 0.15) is 12.4 Å². The third-order valence-electron chi connectivity index (χ3n) is 3.76. The Morgan fingerprint density at radius 3 is 2.75 bits per heavy atom. The number of halogens is 1. The van der Waals surface area contributed by atoms with Crippen LogP contribution in [0.1, 0.15) is 12.0 Å². The fourth-order valence-electron chi connectivity index (χ4n) is 2.56. The number of nitrogens with zero attached hydrogens (tertiary/aromatic N) is 1. The molecule has 1 aliphatic rings. The summed E-state index contributed by atoms with van der Waals surface area (Å²) in [6.07, 6.45) is 0.422. The Morgan fingerprint density at radius 2 is 2.04 bits per heavy atom.